The van der Waals surface area contributed by atoms with Gasteiger partial charge in [0.1, 0.15) is 5.82 Å². The van der Waals surface area contributed by atoms with Gasteiger partial charge in [-0.1, -0.05) is 0 Å². The van der Waals surface area contributed by atoms with Crippen LogP contribution in [0.25, 0.3) is 11.6 Å². The predicted molar refractivity (Wildman–Crippen MR) is 86.0 cm³/mol. The van der Waals surface area contributed by atoms with Crippen LogP contribution >= 0.6 is 11.3 Å². The molecular formula is C15H18N4S. The molecule has 4 nitrogen and oxygen atoms in total. The van der Waals surface area contributed by atoms with E-state index in [4.69, 9.17) is 5.73 Å². The molecule has 2 aromatic heterocycles. The van der Waals surface area contributed by atoms with Gasteiger partial charge in [0.2, 0.25) is 5.95 Å². The number of rotatable bonds is 2. The first-order chi connectivity index (χ1) is 9.60. The molecule has 0 unspecified atom stereocenters. The number of thiophene rings is 1. The third-order valence-electron chi connectivity index (χ3n) is 3.70. The van der Waals surface area contributed by atoms with E-state index in [1.807, 2.05) is 6.92 Å². The van der Waals surface area contributed by atoms with Crippen molar-refractivity contribution in [2.75, 3.05) is 23.7 Å². The summed E-state index contributed by atoms with van der Waals surface area (Å²) in [6.07, 6.45) is 2.21. The maximum Gasteiger partial charge on any atom is 0.222 e. The molecule has 0 aliphatic carbocycles. The van der Waals surface area contributed by atoms with E-state index in [1.165, 1.54) is 16.7 Å². The molecule has 5 heteroatoms. The maximum atomic E-state index is 5.79. The summed E-state index contributed by atoms with van der Waals surface area (Å²) in [4.78, 5) is 11.0. The number of anilines is 2. The minimum atomic E-state index is 0.350. The standard InChI is InChI=1S/C15H18N4S/c1-4-19-6-11(13-8-20-7-9(13)2)5-12-10(3)17-15(16)18-14(12)19/h5,7-8H,4,6H2,1-3H3,(H2,16,17,18). The number of aryl methyl sites for hydroxylation is 2. The molecule has 0 spiro atoms. The SMILES string of the molecule is CCN1CC(c2cscc2C)=Cc2c(C)nc(N)nc21. The van der Waals surface area contributed by atoms with E-state index in [0.29, 0.717) is 5.95 Å². The molecule has 2 N–H and O–H groups in total. The lowest BCUT2D eigenvalue weighted by molar-refractivity contribution is 0.872. The minimum Gasteiger partial charge on any atom is -0.368 e. The first-order valence-electron chi connectivity index (χ1n) is 6.73. The van der Waals surface area contributed by atoms with Crippen LogP contribution in [0.2, 0.25) is 0 Å². The molecule has 3 rings (SSSR count). The second-order valence-electron chi connectivity index (χ2n) is 5.06. The molecule has 0 atom stereocenters. The minimum absolute atomic E-state index is 0.350. The molecule has 1 aliphatic rings. The van der Waals surface area contributed by atoms with Gasteiger partial charge in [-0.05, 0) is 54.3 Å². The molecule has 20 heavy (non-hydrogen) atoms. The molecule has 1 aliphatic heterocycles. The Morgan fingerprint density at radius 2 is 2.10 bits per heavy atom. The Labute approximate surface area is 123 Å². The van der Waals surface area contributed by atoms with Crippen LogP contribution in [-0.4, -0.2) is 23.1 Å². The summed E-state index contributed by atoms with van der Waals surface area (Å²) in [5, 5.41) is 4.40. The zero-order valence-electron chi connectivity index (χ0n) is 12.0. The zero-order chi connectivity index (χ0) is 14.3. The van der Waals surface area contributed by atoms with Crippen molar-refractivity contribution in [3.8, 4) is 0 Å². The summed E-state index contributed by atoms with van der Waals surface area (Å²) < 4.78 is 0. The molecule has 0 radical (unpaired) electrons. The number of fused-ring (bicyclic) bond motifs is 1. The van der Waals surface area contributed by atoms with Crippen molar-refractivity contribution in [2.45, 2.75) is 20.8 Å². The van der Waals surface area contributed by atoms with Crippen molar-refractivity contribution in [3.05, 3.63) is 33.1 Å². The van der Waals surface area contributed by atoms with Crippen molar-refractivity contribution < 1.29 is 0 Å². The lowest BCUT2D eigenvalue weighted by Crippen LogP contribution is -2.30. The van der Waals surface area contributed by atoms with E-state index in [2.05, 4.69) is 45.6 Å². The van der Waals surface area contributed by atoms with Gasteiger partial charge in [-0.2, -0.15) is 16.3 Å². The molecule has 0 bridgehead atoms. The Balaban J connectivity index is 2.17. The summed E-state index contributed by atoms with van der Waals surface area (Å²) in [5.41, 5.74) is 11.8. The van der Waals surface area contributed by atoms with Gasteiger partial charge in [0.05, 0.1) is 5.69 Å². The fourth-order valence-corrected chi connectivity index (χ4v) is 3.48. The van der Waals surface area contributed by atoms with Gasteiger partial charge >= 0.3 is 0 Å². The Hall–Kier alpha value is -1.88. The van der Waals surface area contributed by atoms with E-state index >= 15 is 0 Å². The van der Waals surface area contributed by atoms with Crippen LogP contribution in [0.3, 0.4) is 0 Å². The van der Waals surface area contributed by atoms with Crippen LogP contribution in [0, 0.1) is 13.8 Å². The fraction of sp³-hybridized carbons (Fsp3) is 0.333. The Kier molecular flexibility index (Phi) is 3.22. The third kappa shape index (κ3) is 2.08. The molecular weight excluding hydrogens is 268 g/mol. The lowest BCUT2D eigenvalue weighted by atomic mass is 9.98. The molecule has 0 saturated carbocycles. The van der Waals surface area contributed by atoms with Crippen molar-refractivity contribution in [3.63, 3.8) is 0 Å². The highest BCUT2D eigenvalue weighted by atomic mass is 32.1. The number of likely N-dealkylation sites (N-methyl/N-ethyl adjacent to an activating group) is 1. The maximum absolute atomic E-state index is 5.79. The van der Waals surface area contributed by atoms with Crippen molar-refractivity contribution in [2.24, 2.45) is 0 Å². The van der Waals surface area contributed by atoms with Gasteiger partial charge in [-0.15, -0.1) is 0 Å². The van der Waals surface area contributed by atoms with Crippen LogP contribution in [0.4, 0.5) is 11.8 Å². The first-order valence-corrected chi connectivity index (χ1v) is 7.67. The number of nitrogens with two attached hydrogens (primary N) is 1. The molecule has 0 saturated heterocycles. The fourth-order valence-electron chi connectivity index (χ4n) is 2.61. The third-order valence-corrected chi connectivity index (χ3v) is 4.56. The summed E-state index contributed by atoms with van der Waals surface area (Å²) >= 11 is 1.75. The van der Waals surface area contributed by atoms with E-state index in [-0.39, 0.29) is 0 Å². The van der Waals surface area contributed by atoms with E-state index in [9.17, 15) is 0 Å². The number of nitrogens with zero attached hydrogens (tertiary/aromatic N) is 3. The predicted octanol–water partition coefficient (Wildman–Crippen LogP) is 3.12. The number of aromatic nitrogens is 2. The highest BCUT2D eigenvalue weighted by Crippen LogP contribution is 2.34. The van der Waals surface area contributed by atoms with Gasteiger partial charge in [0, 0.05) is 18.7 Å². The quantitative estimate of drug-likeness (QED) is 0.921. The first kappa shape index (κ1) is 13.1. The van der Waals surface area contributed by atoms with Crippen LogP contribution in [0.15, 0.2) is 10.8 Å². The van der Waals surface area contributed by atoms with Gasteiger partial charge in [-0.3, -0.25) is 0 Å². The molecule has 0 amide bonds. The molecule has 3 heterocycles. The monoisotopic (exact) mass is 286 g/mol. The molecule has 2 aromatic rings. The average Bonchev–Trinajstić information content (AvgIpc) is 2.84. The second-order valence-corrected chi connectivity index (χ2v) is 5.80. The topological polar surface area (TPSA) is 55.0 Å². The molecule has 0 aromatic carbocycles. The zero-order valence-corrected chi connectivity index (χ0v) is 12.8. The van der Waals surface area contributed by atoms with Crippen molar-refractivity contribution >= 4 is 34.8 Å². The number of nitrogen functional groups attached to an aromatic ring is 1. The lowest BCUT2D eigenvalue weighted by Gasteiger charge is -2.30. The summed E-state index contributed by atoms with van der Waals surface area (Å²) in [6, 6.07) is 0. The molecule has 0 fully saturated rings. The highest BCUT2D eigenvalue weighted by Gasteiger charge is 2.22. The molecule has 104 valence electrons. The van der Waals surface area contributed by atoms with Gasteiger partial charge in [-0.25, -0.2) is 4.98 Å². The number of hydrogen-bond acceptors (Lipinski definition) is 5. The summed E-state index contributed by atoms with van der Waals surface area (Å²) in [5.74, 6) is 1.30. The van der Waals surface area contributed by atoms with Crippen LogP contribution in [-0.2, 0) is 0 Å². The average molecular weight is 286 g/mol. The normalized spacial score (nSPS) is 14.2. The summed E-state index contributed by atoms with van der Waals surface area (Å²) in [7, 11) is 0. The Bertz CT molecular complexity index is 687. The van der Waals surface area contributed by atoms with Gasteiger partial charge < -0.3 is 10.6 Å². The van der Waals surface area contributed by atoms with Crippen molar-refractivity contribution in [1.82, 2.24) is 9.97 Å². The number of hydrogen-bond donors (Lipinski definition) is 1. The smallest absolute Gasteiger partial charge is 0.222 e. The van der Waals surface area contributed by atoms with Crippen LogP contribution < -0.4 is 10.6 Å². The van der Waals surface area contributed by atoms with E-state index in [0.717, 1.165) is 30.2 Å². The van der Waals surface area contributed by atoms with E-state index < -0.39 is 0 Å². The largest absolute Gasteiger partial charge is 0.368 e. The van der Waals surface area contributed by atoms with Gasteiger partial charge in [0.25, 0.3) is 0 Å². The van der Waals surface area contributed by atoms with Crippen LogP contribution in [0.5, 0.6) is 0 Å². The van der Waals surface area contributed by atoms with Crippen molar-refractivity contribution in [1.29, 1.82) is 0 Å². The van der Waals surface area contributed by atoms with Gasteiger partial charge in [0.15, 0.2) is 0 Å². The summed E-state index contributed by atoms with van der Waals surface area (Å²) in [6.45, 7) is 8.07. The van der Waals surface area contributed by atoms with Crippen LogP contribution in [0.1, 0.15) is 29.3 Å². The highest BCUT2D eigenvalue weighted by molar-refractivity contribution is 7.08. The Morgan fingerprint density at radius 3 is 2.75 bits per heavy atom. The van der Waals surface area contributed by atoms with E-state index in [1.54, 1.807) is 11.3 Å². The Morgan fingerprint density at radius 1 is 1.30 bits per heavy atom. The second kappa shape index (κ2) is 4.90.